The summed E-state index contributed by atoms with van der Waals surface area (Å²) in [4.78, 5) is 5.32. The van der Waals surface area contributed by atoms with E-state index in [1.54, 1.807) is 4.52 Å². The normalized spacial score (nSPS) is 11.5. The third-order valence-electron chi connectivity index (χ3n) is 2.96. The van der Waals surface area contributed by atoms with E-state index in [4.69, 9.17) is 5.73 Å². The van der Waals surface area contributed by atoms with Crippen LogP contribution in [-0.4, -0.2) is 14.6 Å². The lowest BCUT2D eigenvalue weighted by atomic mass is 10.0. The molecule has 0 aliphatic heterocycles. The number of hydrogen-bond donors (Lipinski definition) is 1. The van der Waals surface area contributed by atoms with Gasteiger partial charge in [-0.05, 0) is 17.9 Å². The Morgan fingerprint density at radius 2 is 2.00 bits per heavy atom. The molecule has 1 aromatic carbocycles. The number of aromatic nitrogens is 3. The second-order valence-electron chi connectivity index (χ2n) is 5.09. The Balaban J connectivity index is 1.92. The molecule has 2 N–H and O–H groups in total. The first-order valence-corrected chi connectivity index (χ1v) is 7.20. The number of benzene rings is 1. The van der Waals surface area contributed by atoms with Crippen molar-refractivity contribution in [3.63, 3.8) is 0 Å². The Morgan fingerprint density at radius 1 is 1.26 bits per heavy atom. The SMILES string of the molecule is CC(C)Cc1ccc(-c2nc3scc(N)n3n2)cc1. The van der Waals surface area contributed by atoms with Crippen LogP contribution in [0.2, 0.25) is 0 Å². The average Bonchev–Trinajstić information content (AvgIpc) is 2.92. The van der Waals surface area contributed by atoms with Gasteiger partial charge in [-0.1, -0.05) is 38.1 Å². The molecule has 0 fully saturated rings. The van der Waals surface area contributed by atoms with Crippen molar-refractivity contribution in [3.8, 4) is 11.4 Å². The molecule has 5 heteroatoms. The van der Waals surface area contributed by atoms with Gasteiger partial charge in [0.15, 0.2) is 5.82 Å². The van der Waals surface area contributed by atoms with E-state index < -0.39 is 0 Å². The van der Waals surface area contributed by atoms with Crippen LogP contribution in [0.25, 0.3) is 16.3 Å². The Bertz CT molecular complexity index is 694. The van der Waals surface area contributed by atoms with Crippen LogP contribution < -0.4 is 5.73 Å². The number of nitrogens with zero attached hydrogens (tertiary/aromatic N) is 3. The van der Waals surface area contributed by atoms with Crippen molar-refractivity contribution < 1.29 is 0 Å². The van der Waals surface area contributed by atoms with Gasteiger partial charge < -0.3 is 5.73 Å². The molecular formula is C14H16N4S. The molecule has 0 unspecified atom stereocenters. The Labute approximate surface area is 115 Å². The molecular weight excluding hydrogens is 256 g/mol. The van der Waals surface area contributed by atoms with Crippen molar-refractivity contribution >= 4 is 22.1 Å². The second kappa shape index (κ2) is 4.66. The number of anilines is 1. The van der Waals surface area contributed by atoms with E-state index in [0.29, 0.717) is 11.7 Å². The van der Waals surface area contributed by atoms with Crippen LogP contribution in [-0.2, 0) is 6.42 Å². The fraction of sp³-hybridized carbons (Fsp3) is 0.286. The summed E-state index contributed by atoms with van der Waals surface area (Å²) in [5, 5.41) is 6.28. The predicted octanol–water partition coefficient (Wildman–Crippen LogP) is 3.24. The van der Waals surface area contributed by atoms with Gasteiger partial charge in [-0.25, -0.2) is 0 Å². The number of nitrogen functional groups attached to an aromatic ring is 1. The summed E-state index contributed by atoms with van der Waals surface area (Å²) < 4.78 is 1.68. The van der Waals surface area contributed by atoms with Gasteiger partial charge in [-0.15, -0.1) is 16.4 Å². The van der Waals surface area contributed by atoms with Crippen LogP contribution >= 0.6 is 11.3 Å². The van der Waals surface area contributed by atoms with Crippen LogP contribution in [0.5, 0.6) is 0 Å². The summed E-state index contributed by atoms with van der Waals surface area (Å²) in [5.74, 6) is 2.03. The smallest absolute Gasteiger partial charge is 0.214 e. The molecule has 4 nitrogen and oxygen atoms in total. The van der Waals surface area contributed by atoms with Gasteiger partial charge >= 0.3 is 0 Å². The second-order valence-corrected chi connectivity index (χ2v) is 5.92. The zero-order valence-corrected chi connectivity index (χ0v) is 11.8. The maximum atomic E-state index is 5.82. The standard InChI is InChI=1S/C14H16N4S/c1-9(2)7-10-3-5-11(6-4-10)13-16-14-18(17-13)12(15)8-19-14/h3-6,8-9H,7,15H2,1-2H3. The molecule has 2 aromatic heterocycles. The van der Waals surface area contributed by atoms with Gasteiger partial charge in [-0.3, -0.25) is 0 Å². The van der Waals surface area contributed by atoms with Crippen molar-refractivity contribution in [2.75, 3.05) is 5.73 Å². The monoisotopic (exact) mass is 272 g/mol. The zero-order chi connectivity index (χ0) is 13.4. The van der Waals surface area contributed by atoms with E-state index >= 15 is 0 Å². The number of rotatable bonds is 3. The van der Waals surface area contributed by atoms with Gasteiger partial charge in [0.1, 0.15) is 5.82 Å². The van der Waals surface area contributed by atoms with Gasteiger partial charge in [0.05, 0.1) is 0 Å². The van der Waals surface area contributed by atoms with Crippen LogP contribution in [0, 0.1) is 5.92 Å². The Morgan fingerprint density at radius 3 is 2.63 bits per heavy atom. The highest BCUT2D eigenvalue weighted by Gasteiger charge is 2.09. The summed E-state index contributed by atoms with van der Waals surface area (Å²) in [6.07, 6.45) is 1.10. The van der Waals surface area contributed by atoms with Gasteiger partial charge in [0.2, 0.25) is 4.96 Å². The fourth-order valence-electron chi connectivity index (χ4n) is 2.09. The van der Waals surface area contributed by atoms with Crippen LogP contribution in [0.1, 0.15) is 19.4 Å². The van der Waals surface area contributed by atoms with E-state index in [1.807, 2.05) is 5.38 Å². The van der Waals surface area contributed by atoms with Crippen molar-refractivity contribution in [2.24, 2.45) is 5.92 Å². The first-order valence-electron chi connectivity index (χ1n) is 6.32. The average molecular weight is 272 g/mol. The number of nitrogens with two attached hydrogens (primary N) is 1. The summed E-state index contributed by atoms with van der Waals surface area (Å²) in [6, 6.07) is 8.45. The number of fused-ring (bicyclic) bond motifs is 1. The van der Waals surface area contributed by atoms with E-state index in [-0.39, 0.29) is 0 Å². The largest absolute Gasteiger partial charge is 0.383 e. The van der Waals surface area contributed by atoms with E-state index in [9.17, 15) is 0 Å². The lowest BCUT2D eigenvalue weighted by Gasteiger charge is -2.04. The van der Waals surface area contributed by atoms with Crippen molar-refractivity contribution in [1.82, 2.24) is 14.6 Å². The molecule has 0 saturated carbocycles. The molecule has 98 valence electrons. The molecule has 19 heavy (non-hydrogen) atoms. The van der Waals surface area contributed by atoms with Crippen LogP contribution in [0.15, 0.2) is 29.6 Å². The molecule has 3 aromatic rings. The molecule has 2 heterocycles. The van der Waals surface area contributed by atoms with Gasteiger partial charge in [0.25, 0.3) is 0 Å². The highest BCUT2D eigenvalue weighted by atomic mass is 32.1. The van der Waals surface area contributed by atoms with Crippen LogP contribution in [0.3, 0.4) is 0 Å². The topological polar surface area (TPSA) is 56.2 Å². The molecule has 0 bridgehead atoms. The Hall–Kier alpha value is -1.88. The summed E-state index contributed by atoms with van der Waals surface area (Å²) in [6.45, 7) is 4.45. The minimum absolute atomic E-state index is 0.634. The highest BCUT2D eigenvalue weighted by Crippen LogP contribution is 2.22. The van der Waals surface area contributed by atoms with Crippen molar-refractivity contribution in [1.29, 1.82) is 0 Å². The minimum atomic E-state index is 0.634. The van der Waals surface area contributed by atoms with E-state index in [1.165, 1.54) is 16.9 Å². The molecule has 0 radical (unpaired) electrons. The molecule has 0 saturated heterocycles. The quantitative estimate of drug-likeness (QED) is 0.796. The third-order valence-corrected chi connectivity index (χ3v) is 3.80. The maximum absolute atomic E-state index is 5.82. The molecule has 0 aliphatic rings. The first kappa shape index (κ1) is 12.2. The first-order chi connectivity index (χ1) is 9.13. The summed E-state index contributed by atoms with van der Waals surface area (Å²) in [7, 11) is 0. The lowest BCUT2D eigenvalue weighted by molar-refractivity contribution is 0.647. The van der Waals surface area contributed by atoms with E-state index in [0.717, 1.165) is 22.8 Å². The molecule has 0 amide bonds. The minimum Gasteiger partial charge on any atom is -0.383 e. The third kappa shape index (κ3) is 2.33. The summed E-state index contributed by atoms with van der Waals surface area (Å²) in [5.41, 5.74) is 8.19. The van der Waals surface area contributed by atoms with Gasteiger partial charge in [-0.2, -0.15) is 9.50 Å². The summed E-state index contributed by atoms with van der Waals surface area (Å²) >= 11 is 1.51. The molecule has 3 rings (SSSR count). The lowest BCUT2D eigenvalue weighted by Crippen LogP contribution is -1.94. The molecule has 0 aliphatic carbocycles. The molecule has 0 atom stereocenters. The van der Waals surface area contributed by atoms with Crippen molar-refractivity contribution in [3.05, 3.63) is 35.2 Å². The maximum Gasteiger partial charge on any atom is 0.214 e. The fourth-order valence-corrected chi connectivity index (χ4v) is 2.80. The zero-order valence-electron chi connectivity index (χ0n) is 11.0. The van der Waals surface area contributed by atoms with E-state index in [2.05, 4.69) is 48.2 Å². The Kier molecular flexibility index (Phi) is 2.98. The van der Waals surface area contributed by atoms with Crippen molar-refractivity contribution in [2.45, 2.75) is 20.3 Å². The number of thiazole rings is 1. The van der Waals surface area contributed by atoms with Crippen LogP contribution in [0.4, 0.5) is 5.82 Å². The predicted molar refractivity (Wildman–Crippen MR) is 79.3 cm³/mol. The van der Waals surface area contributed by atoms with Gasteiger partial charge in [0, 0.05) is 10.9 Å². The molecule has 0 spiro atoms. The highest BCUT2D eigenvalue weighted by molar-refractivity contribution is 7.15. The number of hydrogen-bond acceptors (Lipinski definition) is 4.